The minimum absolute atomic E-state index is 0.483. The molecule has 0 aromatic heterocycles. The lowest BCUT2D eigenvalue weighted by atomic mass is 9.84. The Morgan fingerprint density at radius 1 is 1.25 bits per heavy atom. The molecule has 2 aliphatic rings. The average molecular weight is 228 g/mol. The van der Waals surface area contributed by atoms with Gasteiger partial charge < -0.3 is 14.7 Å². The molecular weight excluding hydrogens is 206 g/mol. The van der Waals surface area contributed by atoms with Gasteiger partial charge >= 0.3 is 5.97 Å². The second-order valence-corrected chi connectivity index (χ2v) is 5.00. The maximum Gasteiger partial charge on any atom is 0.331 e. The van der Waals surface area contributed by atoms with E-state index in [1.807, 2.05) is 0 Å². The summed E-state index contributed by atoms with van der Waals surface area (Å²) in [5.41, 5.74) is 0. The number of quaternary nitrogens is 1. The Balaban J connectivity index is 1.85. The largest absolute Gasteiger partial charge is 0.463 e. The number of nitrogens with one attached hydrogen (secondary N) is 1. The summed E-state index contributed by atoms with van der Waals surface area (Å²) in [5, 5.41) is 8.62. The molecule has 1 unspecified atom stereocenters. The summed E-state index contributed by atoms with van der Waals surface area (Å²) in [5.74, 6) is 0.0301. The SMILES string of the molecule is O=C(CO)OC[C@H]1CCC[NH+]2CCCC[C@@H]12. The van der Waals surface area contributed by atoms with E-state index in [9.17, 15) is 4.79 Å². The van der Waals surface area contributed by atoms with Crippen LogP contribution in [0.15, 0.2) is 0 Å². The summed E-state index contributed by atoms with van der Waals surface area (Å²) < 4.78 is 5.08. The Labute approximate surface area is 96.6 Å². The number of rotatable bonds is 3. The third kappa shape index (κ3) is 2.74. The van der Waals surface area contributed by atoms with Crippen LogP contribution in [0.2, 0.25) is 0 Å². The molecule has 0 bridgehead atoms. The second kappa shape index (κ2) is 5.64. The van der Waals surface area contributed by atoms with Crippen molar-refractivity contribution in [1.82, 2.24) is 0 Å². The van der Waals surface area contributed by atoms with E-state index in [1.165, 1.54) is 45.2 Å². The Kier molecular flexibility index (Phi) is 4.18. The fourth-order valence-corrected chi connectivity index (χ4v) is 3.22. The minimum atomic E-state index is -0.492. The van der Waals surface area contributed by atoms with Gasteiger partial charge in [-0.25, -0.2) is 4.79 Å². The number of hydrogen-bond donors (Lipinski definition) is 2. The van der Waals surface area contributed by atoms with Gasteiger partial charge in [-0.1, -0.05) is 0 Å². The molecule has 0 aliphatic carbocycles. The molecule has 2 heterocycles. The maximum atomic E-state index is 10.9. The van der Waals surface area contributed by atoms with E-state index in [4.69, 9.17) is 9.84 Å². The number of aliphatic hydroxyl groups excluding tert-OH is 1. The molecule has 2 fully saturated rings. The van der Waals surface area contributed by atoms with Gasteiger partial charge in [0.15, 0.2) is 0 Å². The molecule has 0 spiro atoms. The number of carbonyl (C=O) groups is 1. The van der Waals surface area contributed by atoms with Crippen LogP contribution < -0.4 is 4.90 Å². The Hall–Kier alpha value is -0.610. The van der Waals surface area contributed by atoms with Crippen molar-refractivity contribution in [3.05, 3.63) is 0 Å². The molecule has 0 aromatic carbocycles. The van der Waals surface area contributed by atoms with Gasteiger partial charge in [0.25, 0.3) is 0 Å². The van der Waals surface area contributed by atoms with Crippen LogP contribution in [-0.2, 0) is 9.53 Å². The number of piperidine rings is 2. The fraction of sp³-hybridized carbons (Fsp3) is 0.917. The van der Waals surface area contributed by atoms with Crippen molar-refractivity contribution in [3.8, 4) is 0 Å². The predicted octanol–water partition coefficient (Wildman–Crippen LogP) is -0.631. The van der Waals surface area contributed by atoms with Crippen LogP contribution in [0.4, 0.5) is 0 Å². The third-order valence-corrected chi connectivity index (χ3v) is 4.02. The molecule has 4 heteroatoms. The number of esters is 1. The van der Waals surface area contributed by atoms with Crippen LogP contribution in [0.5, 0.6) is 0 Å². The highest BCUT2D eigenvalue weighted by Gasteiger charge is 2.36. The first kappa shape index (κ1) is 11.9. The summed E-state index contributed by atoms with van der Waals surface area (Å²) in [6, 6.07) is 0.689. The first-order chi connectivity index (χ1) is 7.81. The molecule has 0 radical (unpaired) electrons. The van der Waals surface area contributed by atoms with Crippen molar-refractivity contribution in [3.63, 3.8) is 0 Å². The molecule has 92 valence electrons. The van der Waals surface area contributed by atoms with Crippen LogP contribution in [0, 0.1) is 5.92 Å². The lowest BCUT2D eigenvalue weighted by molar-refractivity contribution is -0.940. The van der Waals surface area contributed by atoms with E-state index in [2.05, 4.69) is 0 Å². The van der Waals surface area contributed by atoms with Gasteiger partial charge in [-0.2, -0.15) is 0 Å². The second-order valence-electron chi connectivity index (χ2n) is 5.00. The molecule has 16 heavy (non-hydrogen) atoms. The molecule has 2 N–H and O–H groups in total. The Morgan fingerprint density at radius 2 is 2.06 bits per heavy atom. The molecule has 4 nitrogen and oxygen atoms in total. The van der Waals surface area contributed by atoms with Gasteiger partial charge in [0.2, 0.25) is 0 Å². The normalized spacial score (nSPS) is 34.2. The van der Waals surface area contributed by atoms with E-state index in [0.29, 0.717) is 18.6 Å². The maximum absolute atomic E-state index is 10.9. The first-order valence-electron chi connectivity index (χ1n) is 6.42. The highest BCUT2D eigenvalue weighted by Crippen LogP contribution is 2.20. The van der Waals surface area contributed by atoms with Gasteiger partial charge in [-0.3, -0.25) is 0 Å². The standard InChI is InChI=1S/C12H21NO3/c14-8-12(15)16-9-10-4-3-7-13-6-2-1-5-11(10)13/h10-11,14H,1-9H2/p+1/t10-,11+/m1/s1. The van der Waals surface area contributed by atoms with Crippen LogP contribution in [0.25, 0.3) is 0 Å². The lowest BCUT2D eigenvalue weighted by Gasteiger charge is -2.40. The summed E-state index contributed by atoms with van der Waals surface area (Å²) in [7, 11) is 0. The highest BCUT2D eigenvalue weighted by molar-refractivity contribution is 5.70. The smallest absolute Gasteiger partial charge is 0.331 e. The number of hydrogen-bond acceptors (Lipinski definition) is 3. The summed E-state index contributed by atoms with van der Waals surface area (Å²) in [6.07, 6.45) is 6.35. The zero-order valence-electron chi connectivity index (χ0n) is 9.78. The van der Waals surface area contributed by atoms with Crippen molar-refractivity contribution in [1.29, 1.82) is 0 Å². The van der Waals surface area contributed by atoms with Gasteiger partial charge in [0.1, 0.15) is 6.61 Å². The van der Waals surface area contributed by atoms with Crippen LogP contribution >= 0.6 is 0 Å². The van der Waals surface area contributed by atoms with Crippen molar-refractivity contribution in [2.45, 2.75) is 38.1 Å². The lowest BCUT2D eigenvalue weighted by Crippen LogP contribution is -3.18. The first-order valence-corrected chi connectivity index (χ1v) is 6.42. The molecule has 0 aromatic rings. The van der Waals surface area contributed by atoms with Gasteiger partial charge in [0, 0.05) is 5.92 Å². The molecule has 3 atom stereocenters. The predicted molar refractivity (Wildman–Crippen MR) is 59.1 cm³/mol. The topological polar surface area (TPSA) is 51.0 Å². The molecule has 2 rings (SSSR count). The van der Waals surface area contributed by atoms with Crippen LogP contribution in [-0.4, -0.2) is 43.4 Å². The van der Waals surface area contributed by atoms with Gasteiger partial charge in [-0.05, 0) is 32.1 Å². The zero-order valence-corrected chi connectivity index (χ0v) is 9.78. The van der Waals surface area contributed by atoms with E-state index in [-0.39, 0.29) is 0 Å². The highest BCUT2D eigenvalue weighted by atomic mass is 16.5. The third-order valence-electron chi connectivity index (χ3n) is 4.02. The minimum Gasteiger partial charge on any atom is -0.463 e. The Bertz CT molecular complexity index is 242. The number of fused-ring (bicyclic) bond motifs is 1. The van der Waals surface area contributed by atoms with E-state index in [1.54, 1.807) is 4.90 Å². The summed E-state index contributed by atoms with van der Waals surface area (Å²) in [6.45, 7) is 2.59. The summed E-state index contributed by atoms with van der Waals surface area (Å²) in [4.78, 5) is 12.6. The molecule has 0 saturated carbocycles. The molecule has 2 aliphatic heterocycles. The van der Waals surface area contributed by atoms with Crippen molar-refractivity contribution in [2.24, 2.45) is 5.92 Å². The zero-order chi connectivity index (χ0) is 11.4. The molecule has 2 saturated heterocycles. The van der Waals surface area contributed by atoms with E-state index >= 15 is 0 Å². The quantitative estimate of drug-likeness (QED) is 0.632. The van der Waals surface area contributed by atoms with Gasteiger partial charge in [-0.15, -0.1) is 0 Å². The van der Waals surface area contributed by atoms with Crippen molar-refractivity contribution < 1.29 is 19.5 Å². The molecule has 0 amide bonds. The van der Waals surface area contributed by atoms with Crippen molar-refractivity contribution in [2.75, 3.05) is 26.3 Å². The Morgan fingerprint density at radius 3 is 2.88 bits per heavy atom. The number of ether oxygens (including phenoxy) is 1. The molecular formula is C12H22NO3+. The summed E-state index contributed by atoms with van der Waals surface area (Å²) >= 11 is 0. The van der Waals surface area contributed by atoms with Crippen LogP contribution in [0.1, 0.15) is 32.1 Å². The van der Waals surface area contributed by atoms with Crippen LogP contribution in [0.3, 0.4) is 0 Å². The fourth-order valence-electron chi connectivity index (χ4n) is 3.22. The number of aliphatic hydroxyl groups is 1. The number of carbonyl (C=O) groups excluding carboxylic acids is 1. The monoisotopic (exact) mass is 228 g/mol. The van der Waals surface area contributed by atoms with E-state index < -0.39 is 12.6 Å². The van der Waals surface area contributed by atoms with E-state index in [0.717, 1.165) is 0 Å². The van der Waals surface area contributed by atoms with Crippen molar-refractivity contribution >= 4 is 5.97 Å². The van der Waals surface area contributed by atoms with Gasteiger partial charge in [0.05, 0.1) is 25.7 Å². The average Bonchev–Trinajstić information content (AvgIpc) is 2.35.